The van der Waals surface area contributed by atoms with Crippen LogP contribution < -0.4 is 5.32 Å². The molecule has 3 saturated carbocycles. The molecule has 3 aliphatic rings. The van der Waals surface area contributed by atoms with Crippen LogP contribution in [0.15, 0.2) is 24.4 Å². The van der Waals surface area contributed by atoms with Crippen molar-refractivity contribution in [2.75, 3.05) is 6.54 Å². The summed E-state index contributed by atoms with van der Waals surface area (Å²) in [5, 5.41) is 4.32. The Bertz CT molecular complexity index is 737. The van der Waals surface area contributed by atoms with E-state index >= 15 is 0 Å². The number of hydrogen-bond acceptors (Lipinski definition) is 1. The maximum atomic E-state index is 12.8. The predicted octanol–water partition coefficient (Wildman–Crippen LogP) is 4.19. The summed E-state index contributed by atoms with van der Waals surface area (Å²) in [6.07, 6.45) is 9.96. The van der Waals surface area contributed by atoms with E-state index in [4.69, 9.17) is 0 Å². The fourth-order valence-electron chi connectivity index (χ4n) is 4.82. The minimum atomic E-state index is 0.0864. The van der Waals surface area contributed by atoms with Gasteiger partial charge in [-0.1, -0.05) is 18.2 Å². The lowest BCUT2D eigenvalue weighted by atomic mass is 9.61. The molecule has 0 atom stereocenters. The van der Waals surface area contributed by atoms with Crippen molar-refractivity contribution in [3.05, 3.63) is 35.5 Å². The van der Waals surface area contributed by atoms with Crippen molar-refractivity contribution in [3.8, 4) is 0 Å². The summed E-state index contributed by atoms with van der Waals surface area (Å²) < 4.78 is 2.07. The first kappa shape index (κ1) is 14.8. The van der Waals surface area contributed by atoms with E-state index in [0.29, 0.717) is 5.41 Å². The molecule has 1 aromatic heterocycles. The molecular weight excluding hydrogens is 284 g/mol. The molecule has 1 heterocycles. The van der Waals surface area contributed by atoms with Gasteiger partial charge >= 0.3 is 0 Å². The van der Waals surface area contributed by atoms with Gasteiger partial charge in [0.15, 0.2) is 0 Å². The number of fused-ring (bicyclic) bond motifs is 4. The third-order valence-electron chi connectivity index (χ3n) is 6.32. The smallest absolute Gasteiger partial charge is 0.253 e. The Kier molecular flexibility index (Phi) is 3.47. The minimum absolute atomic E-state index is 0.0864. The van der Waals surface area contributed by atoms with E-state index in [-0.39, 0.29) is 5.91 Å². The van der Waals surface area contributed by atoms with Gasteiger partial charge in [-0.05, 0) is 62.3 Å². The second kappa shape index (κ2) is 5.40. The monoisotopic (exact) mass is 310 g/mol. The van der Waals surface area contributed by atoms with Crippen LogP contribution in [-0.4, -0.2) is 17.0 Å². The molecule has 3 fully saturated rings. The molecule has 0 saturated heterocycles. The molecule has 1 amide bonds. The lowest BCUT2D eigenvalue weighted by molar-refractivity contribution is 0.0598. The number of nitrogens with zero attached hydrogens (tertiary/aromatic N) is 1. The summed E-state index contributed by atoms with van der Waals surface area (Å²) in [5.41, 5.74) is 3.57. The Labute approximate surface area is 138 Å². The van der Waals surface area contributed by atoms with Gasteiger partial charge in [0.1, 0.15) is 0 Å². The van der Waals surface area contributed by atoms with Crippen LogP contribution in [0, 0.1) is 18.3 Å². The Morgan fingerprint density at radius 2 is 1.96 bits per heavy atom. The number of benzene rings is 1. The zero-order chi connectivity index (χ0) is 16.0. The minimum Gasteiger partial charge on any atom is -0.351 e. The molecule has 3 nitrogen and oxygen atoms in total. The maximum Gasteiger partial charge on any atom is 0.253 e. The number of para-hydroxylation sites is 1. The molecule has 5 rings (SSSR count). The first-order valence-corrected chi connectivity index (χ1v) is 8.91. The molecule has 0 radical (unpaired) electrons. The molecule has 2 bridgehead atoms. The molecule has 0 spiro atoms. The lowest BCUT2D eigenvalue weighted by Crippen LogP contribution is -2.43. The highest BCUT2D eigenvalue weighted by molar-refractivity contribution is 6.07. The van der Waals surface area contributed by atoms with E-state index in [9.17, 15) is 4.79 Å². The third kappa shape index (κ3) is 2.46. The highest BCUT2D eigenvalue weighted by Crippen LogP contribution is 2.49. The van der Waals surface area contributed by atoms with Gasteiger partial charge in [0.2, 0.25) is 0 Å². The van der Waals surface area contributed by atoms with E-state index in [2.05, 4.69) is 28.9 Å². The summed E-state index contributed by atoms with van der Waals surface area (Å²) in [6, 6.07) is 6.19. The molecule has 0 unspecified atom stereocenters. The molecule has 3 aliphatic carbocycles. The molecular formula is C20H26N2O. The fourth-order valence-corrected chi connectivity index (χ4v) is 4.82. The van der Waals surface area contributed by atoms with E-state index < -0.39 is 0 Å². The van der Waals surface area contributed by atoms with Crippen LogP contribution in [0.3, 0.4) is 0 Å². The highest BCUT2D eigenvalue weighted by Gasteiger charge is 2.40. The zero-order valence-corrected chi connectivity index (χ0v) is 14.2. The van der Waals surface area contributed by atoms with E-state index in [1.54, 1.807) is 0 Å². The number of aromatic nitrogens is 1. The van der Waals surface area contributed by atoms with E-state index in [0.717, 1.165) is 28.9 Å². The summed E-state index contributed by atoms with van der Waals surface area (Å²) in [5.74, 6) is 1.05. The Balaban J connectivity index is 1.55. The van der Waals surface area contributed by atoms with E-state index in [1.807, 2.05) is 19.3 Å². The highest BCUT2D eigenvalue weighted by atomic mass is 16.1. The number of nitrogens with one attached hydrogen (secondary N) is 1. The number of carbonyl (C=O) groups excluding carboxylic acids is 1. The van der Waals surface area contributed by atoms with Gasteiger partial charge in [0.25, 0.3) is 5.91 Å². The Morgan fingerprint density at radius 1 is 1.26 bits per heavy atom. The Hall–Kier alpha value is -1.77. The second-order valence-electron chi connectivity index (χ2n) is 7.79. The van der Waals surface area contributed by atoms with Gasteiger partial charge < -0.3 is 9.88 Å². The van der Waals surface area contributed by atoms with Crippen molar-refractivity contribution in [2.45, 2.75) is 45.4 Å². The van der Waals surface area contributed by atoms with Crippen molar-refractivity contribution in [1.29, 1.82) is 0 Å². The average Bonchev–Trinajstić information content (AvgIpc) is 2.93. The lowest BCUT2D eigenvalue weighted by Gasteiger charge is -2.46. The summed E-state index contributed by atoms with van der Waals surface area (Å²) in [6.45, 7) is 2.95. The third-order valence-corrected chi connectivity index (χ3v) is 6.32. The molecule has 3 heteroatoms. The fraction of sp³-hybridized carbons (Fsp3) is 0.550. The standard InChI is InChI=1S/C20H26N2O/c1-14-4-3-5-16-17(12-22(2)18(14)16)19(23)21-13-20-9-6-15(7-10-20)8-11-20/h3-5,12,15H,6-11,13H2,1-2H3,(H,21,23). The van der Waals surface area contributed by atoms with Crippen molar-refractivity contribution in [3.63, 3.8) is 0 Å². The van der Waals surface area contributed by atoms with Gasteiger partial charge in [-0.25, -0.2) is 0 Å². The van der Waals surface area contributed by atoms with Crippen molar-refractivity contribution >= 4 is 16.8 Å². The SMILES string of the molecule is Cc1cccc2c(C(=O)NCC34CCC(CC3)CC4)cn(C)c12. The van der Waals surface area contributed by atoms with Gasteiger partial charge in [-0.3, -0.25) is 4.79 Å². The topological polar surface area (TPSA) is 34.0 Å². The second-order valence-corrected chi connectivity index (χ2v) is 7.79. The van der Waals surface area contributed by atoms with Crippen molar-refractivity contribution in [1.82, 2.24) is 9.88 Å². The van der Waals surface area contributed by atoms with Crippen LogP contribution in [0.4, 0.5) is 0 Å². The number of rotatable bonds is 3. The number of amides is 1. The van der Waals surface area contributed by atoms with Gasteiger partial charge in [-0.2, -0.15) is 0 Å². The Morgan fingerprint density at radius 3 is 2.65 bits per heavy atom. The molecule has 23 heavy (non-hydrogen) atoms. The van der Waals surface area contributed by atoms with Crippen LogP contribution in [0.1, 0.15) is 54.4 Å². The van der Waals surface area contributed by atoms with Crippen LogP contribution in [0.25, 0.3) is 10.9 Å². The number of carbonyl (C=O) groups is 1. The largest absolute Gasteiger partial charge is 0.351 e. The number of hydrogen-bond donors (Lipinski definition) is 1. The van der Waals surface area contributed by atoms with Gasteiger partial charge in [0, 0.05) is 25.2 Å². The van der Waals surface area contributed by atoms with Gasteiger partial charge in [-0.15, -0.1) is 0 Å². The zero-order valence-electron chi connectivity index (χ0n) is 14.2. The van der Waals surface area contributed by atoms with Crippen LogP contribution in [-0.2, 0) is 7.05 Å². The molecule has 2 aromatic rings. The van der Waals surface area contributed by atoms with Gasteiger partial charge in [0.05, 0.1) is 11.1 Å². The van der Waals surface area contributed by atoms with Crippen molar-refractivity contribution < 1.29 is 4.79 Å². The average molecular weight is 310 g/mol. The maximum absolute atomic E-state index is 12.8. The molecule has 122 valence electrons. The summed E-state index contributed by atoms with van der Waals surface area (Å²) >= 11 is 0. The number of aryl methyl sites for hydroxylation is 2. The van der Waals surface area contributed by atoms with Crippen molar-refractivity contribution in [2.24, 2.45) is 18.4 Å². The van der Waals surface area contributed by atoms with Crippen LogP contribution in [0.2, 0.25) is 0 Å². The van der Waals surface area contributed by atoms with Crippen LogP contribution in [0.5, 0.6) is 0 Å². The van der Waals surface area contributed by atoms with Crippen LogP contribution >= 0.6 is 0 Å². The molecule has 0 aliphatic heterocycles. The first-order chi connectivity index (χ1) is 11.1. The predicted molar refractivity (Wildman–Crippen MR) is 93.6 cm³/mol. The molecule has 1 aromatic carbocycles. The quantitative estimate of drug-likeness (QED) is 0.906. The normalized spacial score (nSPS) is 26.6. The molecule has 1 N–H and O–H groups in total. The first-order valence-electron chi connectivity index (χ1n) is 8.91. The summed E-state index contributed by atoms with van der Waals surface area (Å²) in [7, 11) is 2.02. The van der Waals surface area contributed by atoms with E-state index in [1.165, 1.54) is 44.1 Å². The summed E-state index contributed by atoms with van der Waals surface area (Å²) in [4.78, 5) is 12.8.